The van der Waals surface area contributed by atoms with E-state index in [1.807, 2.05) is 0 Å². The number of nitrogens with zero attached hydrogens (tertiary/aromatic N) is 2. The molecule has 0 radical (unpaired) electrons. The van der Waals surface area contributed by atoms with Gasteiger partial charge in [0.25, 0.3) is 0 Å². The summed E-state index contributed by atoms with van der Waals surface area (Å²) >= 11 is 0. The van der Waals surface area contributed by atoms with Crippen LogP contribution in [0.1, 0.15) is 16.7 Å². The lowest BCUT2D eigenvalue weighted by molar-refractivity contribution is 0.563. The molecule has 2 nitrogen and oxygen atoms in total. The molecule has 0 unspecified atom stereocenters. The van der Waals surface area contributed by atoms with Crippen molar-refractivity contribution in [3.05, 3.63) is 34.4 Å². The van der Waals surface area contributed by atoms with E-state index >= 15 is 0 Å². The monoisotopic (exact) mass is 178 g/mol. The molecule has 0 amide bonds. The fourth-order valence-corrected chi connectivity index (χ4v) is 0.934. The van der Waals surface area contributed by atoms with Gasteiger partial charge in [-0.1, -0.05) is 0 Å². The van der Waals surface area contributed by atoms with E-state index in [-0.39, 0.29) is 16.7 Å². The van der Waals surface area contributed by atoms with Crippen LogP contribution in [0.25, 0.3) is 0 Å². The van der Waals surface area contributed by atoms with Crippen LogP contribution in [0, 0.1) is 41.2 Å². The van der Waals surface area contributed by atoms with Crippen molar-refractivity contribution in [3.63, 3.8) is 0 Å². The van der Waals surface area contributed by atoms with E-state index < -0.39 is 11.6 Å². The summed E-state index contributed by atoms with van der Waals surface area (Å²) in [4.78, 5) is 0. The highest BCUT2D eigenvalue weighted by molar-refractivity contribution is 5.44. The predicted octanol–water partition coefficient (Wildman–Crippen LogP) is 2.02. The molecule has 0 spiro atoms. The third kappa shape index (κ3) is 1.34. The van der Waals surface area contributed by atoms with Gasteiger partial charge < -0.3 is 0 Å². The van der Waals surface area contributed by atoms with Gasteiger partial charge in [0.05, 0.1) is 11.1 Å². The summed E-state index contributed by atoms with van der Waals surface area (Å²) in [7, 11) is 0. The smallest absolute Gasteiger partial charge is 0.146 e. The Hall–Kier alpha value is -1.94. The van der Waals surface area contributed by atoms with Gasteiger partial charge in [-0.05, 0) is 13.0 Å². The summed E-state index contributed by atoms with van der Waals surface area (Å²) in [5.74, 6) is -1.81. The summed E-state index contributed by atoms with van der Waals surface area (Å²) < 4.78 is 26.0. The molecule has 13 heavy (non-hydrogen) atoms. The van der Waals surface area contributed by atoms with Gasteiger partial charge in [0.15, 0.2) is 0 Å². The number of nitriles is 2. The highest BCUT2D eigenvalue weighted by Gasteiger charge is 2.14. The Morgan fingerprint density at radius 2 is 1.46 bits per heavy atom. The first-order chi connectivity index (χ1) is 6.11. The fraction of sp³-hybridized carbons (Fsp3) is 0.111. The maximum Gasteiger partial charge on any atom is 0.146 e. The normalized spacial score (nSPS) is 9.00. The lowest BCUT2D eigenvalue weighted by Crippen LogP contribution is -1.97. The minimum Gasteiger partial charge on any atom is -0.205 e. The van der Waals surface area contributed by atoms with Crippen molar-refractivity contribution in [2.45, 2.75) is 6.92 Å². The zero-order chi connectivity index (χ0) is 10.0. The maximum absolute atomic E-state index is 13.0. The first kappa shape index (κ1) is 9.15. The van der Waals surface area contributed by atoms with Crippen LogP contribution in [0.5, 0.6) is 0 Å². The minimum absolute atomic E-state index is 0.296. The molecule has 0 atom stereocenters. The highest BCUT2D eigenvalue weighted by Crippen LogP contribution is 2.18. The van der Waals surface area contributed by atoms with E-state index in [4.69, 9.17) is 10.5 Å². The Morgan fingerprint density at radius 1 is 1.08 bits per heavy atom. The molecular formula is C9H4F2N2. The lowest BCUT2D eigenvalue weighted by atomic mass is 10.1. The van der Waals surface area contributed by atoms with Gasteiger partial charge in [-0.2, -0.15) is 10.5 Å². The van der Waals surface area contributed by atoms with Crippen LogP contribution in [0.4, 0.5) is 8.78 Å². The Kier molecular flexibility index (Phi) is 2.25. The van der Waals surface area contributed by atoms with E-state index in [1.165, 1.54) is 6.92 Å². The van der Waals surface area contributed by atoms with Crippen LogP contribution in [-0.2, 0) is 0 Å². The second kappa shape index (κ2) is 3.20. The molecule has 1 aromatic carbocycles. The van der Waals surface area contributed by atoms with Crippen molar-refractivity contribution in [1.29, 1.82) is 10.5 Å². The summed E-state index contributed by atoms with van der Waals surface area (Å²) in [6, 6.07) is 3.99. The summed E-state index contributed by atoms with van der Waals surface area (Å²) in [5.41, 5.74) is -0.915. The van der Waals surface area contributed by atoms with Crippen LogP contribution in [-0.4, -0.2) is 0 Å². The van der Waals surface area contributed by atoms with Crippen molar-refractivity contribution in [2.75, 3.05) is 0 Å². The third-order valence-electron chi connectivity index (χ3n) is 1.66. The van der Waals surface area contributed by atoms with Crippen molar-refractivity contribution >= 4 is 0 Å². The van der Waals surface area contributed by atoms with Gasteiger partial charge in [0.1, 0.15) is 23.8 Å². The number of hydrogen-bond acceptors (Lipinski definition) is 2. The van der Waals surface area contributed by atoms with Gasteiger partial charge >= 0.3 is 0 Å². The molecular weight excluding hydrogens is 174 g/mol. The van der Waals surface area contributed by atoms with Crippen molar-refractivity contribution in [1.82, 2.24) is 0 Å². The SMILES string of the molecule is Cc1c(F)c(C#N)cc(C#N)c1F. The maximum atomic E-state index is 13.0. The second-order valence-corrected chi connectivity index (χ2v) is 2.45. The number of rotatable bonds is 0. The van der Waals surface area contributed by atoms with Crippen LogP contribution in [0.3, 0.4) is 0 Å². The molecule has 0 bridgehead atoms. The Balaban J connectivity index is 3.60. The molecule has 0 fully saturated rings. The molecule has 0 saturated heterocycles. The molecule has 0 aliphatic carbocycles. The number of benzene rings is 1. The van der Waals surface area contributed by atoms with Crippen molar-refractivity contribution < 1.29 is 8.78 Å². The second-order valence-electron chi connectivity index (χ2n) is 2.45. The van der Waals surface area contributed by atoms with E-state index in [2.05, 4.69) is 0 Å². The van der Waals surface area contributed by atoms with Crippen LogP contribution < -0.4 is 0 Å². The third-order valence-corrected chi connectivity index (χ3v) is 1.66. The molecule has 4 heteroatoms. The molecule has 0 aromatic heterocycles. The van der Waals surface area contributed by atoms with Gasteiger partial charge in [0, 0.05) is 5.56 Å². The van der Waals surface area contributed by atoms with Crippen molar-refractivity contribution in [2.24, 2.45) is 0 Å². The molecule has 1 aromatic rings. The van der Waals surface area contributed by atoms with Crippen LogP contribution in [0.15, 0.2) is 6.07 Å². The Labute approximate surface area is 73.6 Å². The van der Waals surface area contributed by atoms with Gasteiger partial charge in [-0.3, -0.25) is 0 Å². The molecule has 0 N–H and O–H groups in total. The first-order valence-electron chi connectivity index (χ1n) is 3.40. The molecule has 0 saturated carbocycles. The first-order valence-corrected chi connectivity index (χ1v) is 3.40. The van der Waals surface area contributed by atoms with Crippen LogP contribution in [0.2, 0.25) is 0 Å². The summed E-state index contributed by atoms with van der Waals surface area (Å²) in [6.07, 6.45) is 0. The predicted molar refractivity (Wildman–Crippen MR) is 40.5 cm³/mol. The van der Waals surface area contributed by atoms with E-state index in [0.29, 0.717) is 0 Å². The average molecular weight is 178 g/mol. The Bertz CT molecular complexity index is 400. The topological polar surface area (TPSA) is 47.6 Å². The van der Waals surface area contributed by atoms with Gasteiger partial charge in [0.2, 0.25) is 0 Å². The van der Waals surface area contributed by atoms with Crippen molar-refractivity contribution in [3.8, 4) is 12.1 Å². The van der Waals surface area contributed by atoms with E-state index in [9.17, 15) is 8.78 Å². The molecule has 0 aliphatic rings. The number of hydrogen-bond donors (Lipinski definition) is 0. The fourth-order valence-electron chi connectivity index (χ4n) is 0.934. The molecule has 1 rings (SSSR count). The lowest BCUT2D eigenvalue weighted by Gasteiger charge is -2.01. The zero-order valence-corrected chi connectivity index (χ0v) is 6.73. The Morgan fingerprint density at radius 3 is 1.77 bits per heavy atom. The van der Waals surface area contributed by atoms with Gasteiger partial charge in [-0.25, -0.2) is 8.78 Å². The highest BCUT2D eigenvalue weighted by atomic mass is 19.1. The number of halogens is 2. The van der Waals surface area contributed by atoms with E-state index in [0.717, 1.165) is 6.07 Å². The average Bonchev–Trinajstić information content (AvgIpc) is 2.15. The molecule has 0 aliphatic heterocycles. The van der Waals surface area contributed by atoms with Crippen LogP contribution >= 0.6 is 0 Å². The molecule has 0 heterocycles. The summed E-state index contributed by atoms with van der Waals surface area (Å²) in [6.45, 7) is 1.19. The summed E-state index contributed by atoms with van der Waals surface area (Å²) in [5, 5.41) is 16.9. The molecule has 64 valence electrons. The zero-order valence-electron chi connectivity index (χ0n) is 6.73. The standard InChI is InChI=1S/C9H4F2N2/c1-5-8(10)6(3-12)2-7(4-13)9(5)11/h2H,1H3. The van der Waals surface area contributed by atoms with E-state index in [1.54, 1.807) is 12.1 Å². The quantitative estimate of drug-likeness (QED) is 0.610. The van der Waals surface area contributed by atoms with Gasteiger partial charge in [-0.15, -0.1) is 0 Å². The largest absolute Gasteiger partial charge is 0.205 e. The minimum atomic E-state index is -0.904.